The molecule has 1 heterocycles. The predicted molar refractivity (Wildman–Crippen MR) is 140 cm³/mol. The number of hydrogen-bond acceptors (Lipinski definition) is 7. The Hall–Kier alpha value is -4.66. The zero-order valence-corrected chi connectivity index (χ0v) is 21.2. The molecule has 6 rings (SSSR count). The third-order valence-electron chi connectivity index (χ3n) is 8.42. The van der Waals surface area contributed by atoms with Crippen LogP contribution in [0.25, 0.3) is 0 Å². The van der Waals surface area contributed by atoms with Gasteiger partial charge in [0.25, 0.3) is 5.69 Å². The number of ketones is 2. The first-order chi connectivity index (χ1) is 18.6. The van der Waals surface area contributed by atoms with Crippen molar-refractivity contribution in [2.24, 2.45) is 17.8 Å². The summed E-state index contributed by atoms with van der Waals surface area (Å²) in [4.78, 5) is 65.9. The standard InChI is InChI=1S/C30H24N2O7/c1-14-10-16(6-9-23(14)33)25-19-7-8-20-26(21(19)13-22-27(25)24(34)11-15(2)28(22)35)30(37)31(29(20)36)17-4-3-5-18(12-17)32(38)39/h3-7,9-12,20-21,25-26,33H,8,13H2,1-2H3/t20-,21+,25-,26-/m0/s1. The second-order valence-electron chi connectivity index (χ2n) is 10.6. The van der Waals surface area contributed by atoms with Crippen LogP contribution in [0.4, 0.5) is 11.4 Å². The molecule has 1 fully saturated rings. The van der Waals surface area contributed by atoms with Crippen LogP contribution >= 0.6 is 0 Å². The second kappa shape index (κ2) is 8.69. The van der Waals surface area contributed by atoms with Gasteiger partial charge in [0, 0.05) is 34.8 Å². The van der Waals surface area contributed by atoms with Gasteiger partial charge in [-0.05, 0) is 61.9 Å². The molecule has 1 aliphatic heterocycles. The smallest absolute Gasteiger partial charge is 0.271 e. The molecule has 4 atom stereocenters. The molecule has 0 unspecified atom stereocenters. The quantitative estimate of drug-likeness (QED) is 0.209. The maximum absolute atomic E-state index is 13.9. The minimum atomic E-state index is -0.777. The van der Waals surface area contributed by atoms with Crippen LogP contribution in [0.1, 0.15) is 36.8 Å². The number of phenols is 1. The lowest BCUT2D eigenvalue weighted by atomic mass is 9.59. The van der Waals surface area contributed by atoms with E-state index in [4.69, 9.17) is 0 Å². The molecular weight excluding hydrogens is 500 g/mol. The number of fused-ring (bicyclic) bond motifs is 3. The number of allylic oxidation sites excluding steroid dienone is 6. The number of carbonyl (C=O) groups excluding carboxylic acids is 4. The lowest BCUT2D eigenvalue weighted by Crippen LogP contribution is -2.39. The maximum Gasteiger partial charge on any atom is 0.271 e. The van der Waals surface area contributed by atoms with E-state index in [0.717, 1.165) is 10.5 Å². The summed E-state index contributed by atoms with van der Waals surface area (Å²) in [5.41, 5.74) is 3.09. The van der Waals surface area contributed by atoms with Gasteiger partial charge in [0.15, 0.2) is 11.6 Å². The van der Waals surface area contributed by atoms with E-state index in [1.54, 1.807) is 32.0 Å². The van der Waals surface area contributed by atoms with Crippen molar-refractivity contribution in [3.05, 3.63) is 98.2 Å². The van der Waals surface area contributed by atoms with Crippen molar-refractivity contribution in [2.75, 3.05) is 4.90 Å². The van der Waals surface area contributed by atoms with E-state index < -0.39 is 40.4 Å². The number of amides is 2. The number of Topliss-reactive ketones (excluding diaryl/α,β-unsaturated/α-hetero) is 1. The Bertz CT molecular complexity index is 1630. The van der Waals surface area contributed by atoms with Gasteiger partial charge in [-0.25, -0.2) is 4.90 Å². The molecule has 9 heteroatoms. The fraction of sp³-hybridized carbons (Fsp3) is 0.267. The largest absolute Gasteiger partial charge is 0.508 e. The third-order valence-corrected chi connectivity index (χ3v) is 8.42. The Kier molecular flexibility index (Phi) is 5.50. The zero-order chi connectivity index (χ0) is 27.7. The number of rotatable bonds is 3. The highest BCUT2D eigenvalue weighted by Gasteiger charge is 2.56. The normalized spacial score (nSPS) is 26.2. The van der Waals surface area contributed by atoms with Gasteiger partial charge in [-0.15, -0.1) is 0 Å². The number of phenolic OH excluding ortho intramolecular Hbond substituents is 1. The Morgan fingerprint density at radius 3 is 2.49 bits per heavy atom. The van der Waals surface area contributed by atoms with Gasteiger partial charge in [-0.2, -0.15) is 0 Å². The molecule has 196 valence electrons. The number of nitrogens with zero attached hydrogens (tertiary/aromatic N) is 2. The van der Waals surface area contributed by atoms with Gasteiger partial charge in [-0.1, -0.05) is 29.8 Å². The number of aromatic hydroxyl groups is 1. The first-order valence-corrected chi connectivity index (χ1v) is 12.7. The fourth-order valence-corrected chi connectivity index (χ4v) is 6.62. The highest BCUT2D eigenvalue weighted by atomic mass is 16.6. The first kappa shape index (κ1) is 24.7. The Morgan fingerprint density at radius 1 is 1.00 bits per heavy atom. The zero-order valence-electron chi connectivity index (χ0n) is 21.2. The van der Waals surface area contributed by atoms with Crippen LogP contribution in [0, 0.1) is 34.8 Å². The van der Waals surface area contributed by atoms with E-state index >= 15 is 0 Å². The Balaban J connectivity index is 1.48. The van der Waals surface area contributed by atoms with Crippen molar-refractivity contribution in [3.63, 3.8) is 0 Å². The molecule has 2 amide bonds. The number of non-ortho nitro benzene ring substituents is 1. The maximum atomic E-state index is 13.9. The molecule has 3 aliphatic carbocycles. The van der Waals surface area contributed by atoms with Crippen LogP contribution in [0.3, 0.4) is 0 Å². The van der Waals surface area contributed by atoms with E-state index in [0.29, 0.717) is 27.8 Å². The average molecular weight is 525 g/mol. The molecular formula is C30H24N2O7. The van der Waals surface area contributed by atoms with Crippen molar-refractivity contribution in [1.82, 2.24) is 0 Å². The van der Waals surface area contributed by atoms with Crippen LogP contribution < -0.4 is 4.90 Å². The molecule has 0 aromatic heterocycles. The molecule has 0 saturated carbocycles. The van der Waals surface area contributed by atoms with Crippen LogP contribution in [0.2, 0.25) is 0 Å². The number of anilines is 1. The van der Waals surface area contributed by atoms with E-state index in [2.05, 4.69) is 0 Å². The van der Waals surface area contributed by atoms with E-state index in [1.807, 2.05) is 6.08 Å². The Labute approximate surface area is 223 Å². The topological polar surface area (TPSA) is 135 Å². The lowest BCUT2D eigenvalue weighted by molar-refractivity contribution is -0.384. The van der Waals surface area contributed by atoms with Gasteiger partial charge >= 0.3 is 0 Å². The number of nitro groups is 1. The third kappa shape index (κ3) is 3.60. The van der Waals surface area contributed by atoms with E-state index in [-0.39, 0.29) is 41.5 Å². The summed E-state index contributed by atoms with van der Waals surface area (Å²) >= 11 is 0. The summed E-state index contributed by atoms with van der Waals surface area (Å²) in [5, 5.41) is 21.5. The molecule has 9 nitrogen and oxygen atoms in total. The monoisotopic (exact) mass is 524 g/mol. The molecule has 0 spiro atoms. The fourth-order valence-electron chi connectivity index (χ4n) is 6.62. The highest BCUT2D eigenvalue weighted by molar-refractivity contribution is 6.25. The van der Waals surface area contributed by atoms with Crippen LogP contribution in [-0.4, -0.2) is 33.4 Å². The van der Waals surface area contributed by atoms with Crippen molar-refractivity contribution in [2.45, 2.75) is 32.6 Å². The molecule has 0 bridgehead atoms. The summed E-state index contributed by atoms with van der Waals surface area (Å²) in [6.07, 6.45) is 3.67. The summed E-state index contributed by atoms with van der Waals surface area (Å²) in [7, 11) is 0. The minimum absolute atomic E-state index is 0.101. The molecule has 39 heavy (non-hydrogen) atoms. The van der Waals surface area contributed by atoms with Gasteiger partial charge in [0.2, 0.25) is 11.8 Å². The highest BCUT2D eigenvalue weighted by Crippen LogP contribution is 2.55. The molecule has 1 saturated heterocycles. The van der Waals surface area contributed by atoms with Crippen molar-refractivity contribution in [3.8, 4) is 5.75 Å². The van der Waals surface area contributed by atoms with Crippen LogP contribution in [-0.2, 0) is 19.2 Å². The SMILES string of the molecule is CC1=CC(=O)C2=C(C[C@@H]3C(=CC[C@@H]4C(=O)N(c5cccc([N+](=O)[O-])c5)C(=O)[C@@H]43)[C@@H]2c2ccc(O)c(C)c2)C1=O. The Morgan fingerprint density at radius 2 is 1.77 bits per heavy atom. The van der Waals surface area contributed by atoms with E-state index in [1.165, 1.54) is 30.3 Å². The number of hydrogen-bond donors (Lipinski definition) is 1. The van der Waals surface area contributed by atoms with E-state index in [9.17, 15) is 34.4 Å². The molecule has 1 N–H and O–H groups in total. The van der Waals surface area contributed by atoms with Gasteiger partial charge in [-0.3, -0.25) is 29.3 Å². The lowest BCUT2D eigenvalue weighted by Gasteiger charge is -2.42. The van der Waals surface area contributed by atoms with Crippen LogP contribution in [0.15, 0.2) is 76.9 Å². The molecule has 2 aromatic rings. The van der Waals surface area contributed by atoms with Crippen molar-refractivity contribution in [1.29, 1.82) is 0 Å². The average Bonchev–Trinajstić information content (AvgIpc) is 3.17. The summed E-state index contributed by atoms with van der Waals surface area (Å²) in [6, 6.07) is 10.5. The molecule has 2 aromatic carbocycles. The number of aryl methyl sites for hydroxylation is 1. The van der Waals surface area contributed by atoms with Crippen molar-refractivity contribution < 1.29 is 29.2 Å². The first-order valence-electron chi connectivity index (χ1n) is 12.7. The second-order valence-corrected chi connectivity index (χ2v) is 10.6. The summed E-state index contributed by atoms with van der Waals surface area (Å²) < 4.78 is 0. The minimum Gasteiger partial charge on any atom is -0.508 e. The summed E-state index contributed by atoms with van der Waals surface area (Å²) in [5.74, 6) is -3.87. The van der Waals surface area contributed by atoms with Gasteiger partial charge < -0.3 is 5.11 Å². The van der Waals surface area contributed by atoms with Gasteiger partial charge in [0.1, 0.15) is 5.75 Å². The van der Waals surface area contributed by atoms with Gasteiger partial charge in [0.05, 0.1) is 22.4 Å². The molecule has 4 aliphatic rings. The number of nitro benzene ring substituents is 1. The van der Waals surface area contributed by atoms with Crippen LogP contribution in [0.5, 0.6) is 5.75 Å². The predicted octanol–water partition coefficient (Wildman–Crippen LogP) is 4.24. The van der Waals surface area contributed by atoms with Crippen molar-refractivity contribution >= 4 is 34.8 Å². The number of carbonyl (C=O) groups is 4. The summed E-state index contributed by atoms with van der Waals surface area (Å²) in [6.45, 7) is 3.33. The number of imide groups is 1. The number of benzene rings is 2. The molecule has 0 radical (unpaired) electrons.